The third-order valence-electron chi connectivity index (χ3n) is 2.41. The summed E-state index contributed by atoms with van der Waals surface area (Å²) in [5.41, 5.74) is -0.864. The number of urea groups is 1. The van der Waals surface area contributed by atoms with Gasteiger partial charge in [-0.15, -0.1) is 0 Å². The maximum absolute atomic E-state index is 11.5. The van der Waals surface area contributed by atoms with Crippen LogP contribution in [-0.2, 0) is 6.54 Å². The van der Waals surface area contributed by atoms with Crippen LogP contribution < -0.4 is 10.6 Å². The Morgan fingerprint density at radius 1 is 1.39 bits per heavy atom. The Morgan fingerprint density at radius 3 is 2.67 bits per heavy atom. The minimum absolute atomic E-state index is 0.247. The van der Waals surface area contributed by atoms with E-state index < -0.39 is 5.60 Å². The summed E-state index contributed by atoms with van der Waals surface area (Å²) in [6, 6.07) is 3.64. The summed E-state index contributed by atoms with van der Waals surface area (Å²) < 4.78 is 1.99. The second kappa shape index (κ2) is 7.33. The van der Waals surface area contributed by atoms with E-state index in [1.165, 1.54) is 0 Å². The van der Waals surface area contributed by atoms with Gasteiger partial charge in [0, 0.05) is 37.8 Å². The van der Waals surface area contributed by atoms with Crippen LogP contribution in [0, 0.1) is 0 Å². The molecule has 1 atom stereocenters. The van der Waals surface area contributed by atoms with Gasteiger partial charge in [0.15, 0.2) is 0 Å². The third kappa shape index (κ3) is 5.97. The zero-order valence-electron chi connectivity index (χ0n) is 10.8. The van der Waals surface area contributed by atoms with Crippen molar-refractivity contribution >= 4 is 17.8 Å². The summed E-state index contributed by atoms with van der Waals surface area (Å²) in [4.78, 5) is 11.5. The predicted octanol–water partition coefficient (Wildman–Crippen LogP) is 0.901. The van der Waals surface area contributed by atoms with E-state index in [-0.39, 0.29) is 12.6 Å². The number of hydrogen-bond acceptors (Lipinski definition) is 3. The fourth-order valence-corrected chi connectivity index (χ4v) is 2.24. The first-order valence-corrected chi connectivity index (χ1v) is 7.27. The van der Waals surface area contributed by atoms with Crippen LogP contribution in [-0.4, -0.2) is 46.4 Å². The highest BCUT2D eigenvalue weighted by Crippen LogP contribution is 2.08. The van der Waals surface area contributed by atoms with Crippen molar-refractivity contribution < 1.29 is 9.90 Å². The van der Waals surface area contributed by atoms with Crippen molar-refractivity contribution in [3.8, 4) is 0 Å². The van der Waals surface area contributed by atoms with E-state index in [0.29, 0.717) is 12.3 Å². The Bertz CT molecular complexity index is 352. The summed E-state index contributed by atoms with van der Waals surface area (Å²) in [7, 11) is 0. The number of thioether (sulfide) groups is 1. The van der Waals surface area contributed by atoms with Crippen LogP contribution in [0.5, 0.6) is 0 Å². The topological polar surface area (TPSA) is 66.3 Å². The normalized spacial score (nSPS) is 13.9. The quantitative estimate of drug-likeness (QED) is 0.690. The second-order valence-electron chi connectivity index (χ2n) is 4.46. The lowest BCUT2D eigenvalue weighted by atomic mass is 10.1. The Balaban J connectivity index is 2.14. The molecule has 1 aromatic heterocycles. The fourth-order valence-electron chi connectivity index (χ4n) is 1.51. The van der Waals surface area contributed by atoms with Crippen molar-refractivity contribution in [1.82, 2.24) is 15.2 Å². The zero-order chi connectivity index (χ0) is 13.4. The van der Waals surface area contributed by atoms with Gasteiger partial charge in [-0.05, 0) is 25.3 Å². The molecule has 0 fully saturated rings. The smallest absolute Gasteiger partial charge is 0.314 e. The summed E-state index contributed by atoms with van der Waals surface area (Å²) in [6.07, 6.45) is 5.82. The molecule has 0 saturated heterocycles. The zero-order valence-corrected chi connectivity index (χ0v) is 11.7. The summed E-state index contributed by atoms with van der Waals surface area (Å²) in [5.74, 6) is 0.594. The molecule has 0 aliphatic heterocycles. The van der Waals surface area contributed by atoms with E-state index in [1.807, 2.05) is 35.3 Å². The average Bonchev–Trinajstić information content (AvgIpc) is 2.79. The monoisotopic (exact) mass is 271 g/mol. The van der Waals surface area contributed by atoms with Crippen LogP contribution in [0.25, 0.3) is 0 Å². The maximum Gasteiger partial charge on any atom is 0.314 e. The van der Waals surface area contributed by atoms with Crippen LogP contribution in [0.4, 0.5) is 4.79 Å². The lowest BCUT2D eigenvalue weighted by Crippen LogP contribution is -2.46. The van der Waals surface area contributed by atoms with Gasteiger partial charge in [-0.3, -0.25) is 0 Å². The molecule has 0 aromatic carbocycles. The molecule has 1 unspecified atom stereocenters. The Labute approximate surface area is 112 Å². The van der Waals surface area contributed by atoms with E-state index in [2.05, 4.69) is 10.6 Å². The van der Waals surface area contributed by atoms with Gasteiger partial charge < -0.3 is 20.3 Å². The largest absolute Gasteiger partial charge is 0.387 e. The van der Waals surface area contributed by atoms with Crippen LogP contribution in [0.2, 0.25) is 0 Å². The molecule has 0 saturated carbocycles. The van der Waals surface area contributed by atoms with Crippen LogP contribution in [0.1, 0.15) is 6.92 Å². The predicted molar refractivity (Wildman–Crippen MR) is 74.8 cm³/mol. The summed E-state index contributed by atoms with van der Waals surface area (Å²) in [5, 5.41) is 15.3. The molecule has 0 spiro atoms. The van der Waals surface area contributed by atoms with Gasteiger partial charge >= 0.3 is 6.03 Å². The van der Waals surface area contributed by atoms with Gasteiger partial charge in [0.1, 0.15) is 0 Å². The molecule has 102 valence electrons. The number of carbonyl (C=O) groups excluding carboxylic acids is 1. The van der Waals surface area contributed by atoms with E-state index in [4.69, 9.17) is 0 Å². The third-order valence-corrected chi connectivity index (χ3v) is 3.32. The van der Waals surface area contributed by atoms with E-state index in [0.717, 1.165) is 6.54 Å². The molecule has 18 heavy (non-hydrogen) atoms. The number of amides is 2. The molecule has 6 heteroatoms. The molecule has 0 bridgehead atoms. The van der Waals surface area contributed by atoms with Gasteiger partial charge in [-0.2, -0.15) is 11.8 Å². The number of aliphatic hydroxyl groups is 1. The molecule has 2 amide bonds. The molecule has 1 rings (SSSR count). The fraction of sp³-hybridized carbons (Fsp3) is 0.583. The number of nitrogens with zero attached hydrogens (tertiary/aromatic N) is 1. The van der Waals surface area contributed by atoms with Crippen molar-refractivity contribution in [2.24, 2.45) is 0 Å². The van der Waals surface area contributed by atoms with Crippen molar-refractivity contribution in [3.05, 3.63) is 24.5 Å². The van der Waals surface area contributed by atoms with Crippen molar-refractivity contribution in [1.29, 1.82) is 0 Å². The van der Waals surface area contributed by atoms with E-state index >= 15 is 0 Å². The van der Waals surface area contributed by atoms with Gasteiger partial charge in [-0.1, -0.05) is 0 Å². The van der Waals surface area contributed by atoms with Crippen LogP contribution >= 0.6 is 11.8 Å². The molecular weight excluding hydrogens is 250 g/mol. The highest BCUT2D eigenvalue weighted by molar-refractivity contribution is 7.98. The minimum atomic E-state index is -0.864. The lowest BCUT2D eigenvalue weighted by molar-refractivity contribution is 0.0869. The highest BCUT2D eigenvalue weighted by Gasteiger charge is 2.20. The lowest BCUT2D eigenvalue weighted by Gasteiger charge is -2.22. The number of aromatic nitrogens is 1. The molecule has 1 aromatic rings. The second-order valence-corrected chi connectivity index (χ2v) is 5.33. The van der Waals surface area contributed by atoms with E-state index in [1.54, 1.807) is 18.7 Å². The van der Waals surface area contributed by atoms with Crippen LogP contribution in [0.15, 0.2) is 24.5 Å². The number of rotatable bonds is 7. The van der Waals surface area contributed by atoms with E-state index in [9.17, 15) is 9.90 Å². The Morgan fingerprint density at radius 2 is 2.06 bits per heavy atom. The minimum Gasteiger partial charge on any atom is -0.387 e. The van der Waals surface area contributed by atoms with Gasteiger partial charge in [0.2, 0.25) is 0 Å². The SMILES string of the molecule is CSCC(C)(O)CNC(=O)NCCn1cccc1. The first-order chi connectivity index (χ1) is 8.53. The molecule has 0 radical (unpaired) electrons. The van der Waals surface area contributed by atoms with Crippen molar-refractivity contribution in [3.63, 3.8) is 0 Å². The first-order valence-electron chi connectivity index (χ1n) is 5.87. The summed E-state index contributed by atoms with van der Waals surface area (Å²) >= 11 is 1.55. The highest BCUT2D eigenvalue weighted by atomic mass is 32.2. The maximum atomic E-state index is 11.5. The van der Waals surface area contributed by atoms with Gasteiger partial charge in [-0.25, -0.2) is 4.79 Å². The summed E-state index contributed by atoms with van der Waals surface area (Å²) in [6.45, 7) is 3.26. The standard InChI is InChI=1S/C12H21N3O2S/c1-12(17,10-18-2)9-14-11(16)13-5-8-15-6-3-4-7-15/h3-4,6-7,17H,5,8-10H2,1-2H3,(H2,13,14,16). The molecule has 5 nitrogen and oxygen atoms in total. The Hall–Kier alpha value is -1.14. The Kier molecular flexibility index (Phi) is 6.07. The number of carbonyl (C=O) groups is 1. The molecule has 0 aliphatic carbocycles. The molecule has 0 aliphatic rings. The van der Waals surface area contributed by atoms with Crippen molar-refractivity contribution in [2.45, 2.75) is 19.1 Å². The van der Waals surface area contributed by atoms with Crippen molar-refractivity contribution in [2.75, 3.05) is 25.1 Å². The molecular formula is C12H21N3O2S. The average molecular weight is 271 g/mol. The number of nitrogens with one attached hydrogen (secondary N) is 2. The molecule has 3 N–H and O–H groups in total. The number of hydrogen-bond donors (Lipinski definition) is 3. The molecule has 1 heterocycles. The first kappa shape index (κ1) is 14.9. The van der Waals surface area contributed by atoms with Crippen LogP contribution in [0.3, 0.4) is 0 Å². The van der Waals surface area contributed by atoms with Gasteiger partial charge in [0.25, 0.3) is 0 Å². The van der Waals surface area contributed by atoms with Gasteiger partial charge in [0.05, 0.1) is 5.60 Å².